The third-order valence-electron chi connectivity index (χ3n) is 2.47. The average molecular weight is 270 g/mol. The Balaban J connectivity index is 2.36. The highest BCUT2D eigenvalue weighted by Crippen LogP contribution is 2.32. The van der Waals surface area contributed by atoms with Gasteiger partial charge in [0, 0.05) is 12.5 Å². The molecule has 1 aromatic rings. The van der Waals surface area contributed by atoms with E-state index in [2.05, 4.69) is 0 Å². The summed E-state index contributed by atoms with van der Waals surface area (Å²) >= 11 is 0. The second-order valence-electron chi connectivity index (χ2n) is 4.12. The summed E-state index contributed by atoms with van der Waals surface area (Å²) in [6, 6.07) is 4.42. The van der Waals surface area contributed by atoms with Crippen molar-refractivity contribution in [3.63, 3.8) is 0 Å². The molecule has 0 radical (unpaired) electrons. The van der Waals surface area contributed by atoms with E-state index in [1.165, 1.54) is 19.1 Å². The van der Waals surface area contributed by atoms with Gasteiger partial charge < -0.3 is 9.47 Å². The molecule has 0 fully saturated rings. The standard InChI is InChI=1S/C12H14O5S/c1-9(13)8-18(14,15)10-3-4-11-12(7-10)17-6-2-5-16-11/h3-4,7H,2,5-6,8H2,1H3. The molecule has 6 heteroatoms. The number of carbonyl (C=O) groups is 1. The molecule has 0 saturated carbocycles. The summed E-state index contributed by atoms with van der Waals surface area (Å²) in [6.45, 7) is 2.29. The Morgan fingerprint density at radius 2 is 1.89 bits per heavy atom. The fourth-order valence-corrected chi connectivity index (χ4v) is 2.95. The van der Waals surface area contributed by atoms with Gasteiger partial charge in [0.15, 0.2) is 21.3 Å². The number of hydrogen-bond donors (Lipinski definition) is 0. The van der Waals surface area contributed by atoms with Crippen molar-refractivity contribution in [2.45, 2.75) is 18.2 Å². The molecule has 0 amide bonds. The van der Waals surface area contributed by atoms with E-state index >= 15 is 0 Å². The summed E-state index contributed by atoms with van der Waals surface area (Å²) in [7, 11) is -3.59. The third kappa shape index (κ3) is 2.81. The Morgan fingerprint density at radius 1 is 1.22 bits per heavy atom. The van der Waals surface area contributed by atoms with Gasteiger partial charge in [0.2, 0.25) is 0 Å². The third-order valence-corrected chi connectivity index (χ3v) is 4.23. The maximum atomic E-state index is 11.9. The first-order chi connectivity index (χ1) is 8.49. The summed E-state index contributed by atoms with van der Waals surface area (Å²) < 4.78 is 34.6. The molecule has 1 aliphatic heterocycles. The molecular weight excluding hydrogens is 256 g/mol. The van der Waals surface area contributed by atoms with Crippen LogP contribution in [-0.2, 0) is 14.6 Å². The molecule has 1 aromatic carbocycles. The Hall–Kier alpha value is -1.56. The largest absolute Gasteiger partial charge is 0.490 e. The van der Waals surface area contributed by atoms with Crippen LogP contribution in [0.15, 0.2) is 23.1 Å². The quantitative estimate of drug-likeness (QED) is 0.825. The number of ketones is 1. The number of fused-ring (bicyclic) bond motifs is 1. The zero-order valence-corrected chi connectivity index (χ0v) is 10.8. The minimum Gasteiger partial charge on any atom is -0.490 e. The zero-order valence-electron chi connectivity index (χ0n) is 10.0. The Morgan fingerprint density at radius 3 is 2.56 bits per heavy atom. The first-order valence-corrected chi connectivity index (χ1v) is 7.26. The summed E-state index contributed by atoms with van der Waals surface area (Å²) in [6.07, 6.45) is 0.754. The molecule has 0 bridgehead atoms. The molecule has 0 aliphatic carbocycles. The molecule has 0 saturated heterocycles. The van der Waals surface area contributed by atoms with Crippen molar-refractivity contribution in [2.24, 2.45) is 0 Å². The van der Waals surface area contributed by atoms with Gasteiger partial charge in [-0.25, -0.2) is 8.42 Å². The van der Waals surface area contributed by atoms with Crippen molar-refractivity contribution < 1.29 is 22.7 Å². The number of hydrogen-bond acceptors (Lipinski definition) is 5. The molecule has 1 aliphatic rings. The molecule has 0 unspecified atom stereocenters. The van der Waals surface area contributed by atoms with E-state index in [1.807, 2.05) is 0 Å². The van der Waals surface area contributed by atoms with Crippen LogP contribution in [0.5, 0.6) is 11.5 Å². The summed E-state index contributed by atoms with van der Waals surface area (Å²) in [5, 5.41) is 0. The number of benzene rings is 1. The Bertz CT molecular complexity index is 562. The molecule has 0 atom stereocenters. The predicted octanol–water partition coefficient (Wildman–Crippen LogP) is 1.21. The number of ether oxygens (including phenoxy) is 2. The van der Waals surface area contributed by atoms with Crippen LogP contribution in [0.25, 0.3) is 0 Å². The first kappa shape index (κ1) is 12.9. The molecule has 0 spiro atoms. The van der Waals surface area contributed by atoms with E-state index < -0.39 is 15.6 Å². The predicted molar refractivity (Wildman–Crippen MR) is 64.8 cm³/mol. The summed E-state index contributed by atoms with van der Waals surface area (Å²) in [5.41, 5.74) is 0. The molecule has 5 nitrogen and oxygen atoms in total. The smallest absolute Gasteiger partial charge is 0.185 e. The summed E-state index contributed by atoms with van der Waals surface area (Å²) in [4.78, 5) is 11.0. The van der Waals surface area contributed by atoms with Crippen LogP contribution >= 0.6 is 0 Å². The van der Waals surface area contributed by atoms with Crippen molar-refractivity contribution in [2.75, 3.05) is 19.0 Å². The maximum Gasteiger partial charge on any atom is 0.185 e. The highest BCUT2D eigenvalue weighted by Gasteiger charge is 2.20. The molecule has 1 heterocycles. The van der Waals surface area contributed by atoms with Crippen molar-refractivity contribution in [1.82, 2.24) is 0 Å². The lowest BCUT2D eigenvalue weighted by atomic mass is 10.3. The molecule has 2 rings (SSSR count). The van der Waals surface area contributed by atoms with Gasteiger partial charge >= 0.3 is 0 Å². The van der Waals surface area contributed by atoms with Crippen molar-refractivity contribution >= 4 is 15.6 Å². The van der Waals surface area contributed by atoms with Gasteiger partial charge in [-0.1, -0.05) is 0 Å². The molecular formula is C12H14O5S. The highest BCUT2D eigenvalue weighted by atomic mass is 32.2. The van der Waals surface area contributed by atoms with Crippen LogP contribution in [0.2, 0.25) is 0 Å². The molecule has 18 heavy (non-hydrogen) atoms. The van der Waals surface area contributed by atoms with E-state index in [1.54, 1.807) is 6.07 Å². The van der Waals surface area contributed by atoms with Crippen LogP contribution in [-0.4, -0.2) is 33.2 Å². The van der Waals surface area contributed by atoms with E-state index in [0.29, 0.717) is 24.7 Å². The lowest BCUT2D eigenvalue weighted by Crippen LogP contribution is -2.13. The maximum absolute atomic E-state index is 11.9. The number of Topliss-reactive ketones (excluding diaryl/α,β-unsaturated/α-hetero) is 1. The van der Waals surface area contributed by atoms with Gasteiger partial charge in [0.05, 0.1) is 18.1 Å². The van der Waals surface area contributed by atoms with Gasteiger partial charge in [-0.05, 0) is 19.1 Å². The van der Waals surface area contributed by atoms with Crippen LogP contribution in [0.1, 0.15) is 13.3 Å². The Labute approximate surface area is 106 Å². The fraction of sp³-hybridized carbons (Fsp3) is 0.417. The van der Waals surface area contributed by atoms with E-state index in [4.69, 9.17) is 9.47 Å². The van der Waals surface area contributed by atoms with E-state index in [9.17, 15) is 13.2 Å². The highest BCUT2D eigenvalue weighted by molar-refractivity contribution is 7.92. The minimum absolute atomic E-state index is 0.0851. The molecule has 0 aromatic heterocycles. The van der Waals surface area contributed by atoms with Gasteiger partial charge in [-0.15, -0.1) is 0 Å². The van der Waals surface area contributed by atoms with E-state index in [0.717, 1.165) is 6.42 Å². The number of rotatable bonds is 3. The fourth-order valence-electron chi connectivity index (χ4n) is 1.69. The SMILES string of the molecule is CC(=O)CS(=O)(=O)c1ccc2c(c1)OCCCO2. The van der Waals surface area contributed by atoms with Gasteiger partial charge in [-0.3, -0.25) is 4.79 Å². The second kappa shape index (κ2) is 4.97. The van der Waals surface area contributed by atoms with Crippen LogP contribution in [0, 0.1) is 0 Å². The van der Waals surface area contributed by atoms with Crippen LogP contribution in [0.3, 0.4) is 0 Å². The van der Waals surface area contributed by atoms with E-state index in [-0.39, 0.29) is 10.7 Å². The van der Waals surface area contributed by atoms with Crippen molar-refractivity contribution in [3.05, 3.63) is 18.2 Å². The molecule has 98 valence electrons. The van der Waals surface area contributed by atoms with Crippen molar-refractivity contribution in [1.29, 1.82) is 0 Å². The first-order valence-electron chi connectivity index (χ1n) is 5.61. The lowest BCUT2D eigenvalue weighted by molar-refractivity contribution is -0.114. The normalized spacial score (nSPS) is 14.9. The number of sulfone groups is 1. The monoisotopic (exact) mass is 270 g/mol. The number of carbonyl (C=O) groups excluding carboxylic acids is 1. The second-order valence-corrected chi connectivity index (χ2v) is 6.11. The topological polar surface area (TPSA) is 69.7 Å². The van der Waals surface area contributed by atoms with Gasteiger partial charge in [-0.2, -0.15) is 0 Å². The van der Waals surface area contributed by atoms with Crippen molar-refractivity contribution in [3.8, 4) is 11.5 Å². The summed E-state index contributed by atoms with van der Waals surface area (Å²) in [5.74, 6) is 0.0700. The van der Waals surface area contributed by atoms with Crippen LogP contribution < -0.4 is 9.47 Å². The zero-order chi connectivity index (χ0) is 13.2. The van der Waals surface area contributed by atoms with Crippen LogP contribution in [0.4, 0.5) is 0 Å². The lowest BCUT2D eigenvalue weighted by Gasteiger charge is -2.09. The average Bonchev–Trinajstić information content (AvgIpc) is 2.51. The minimum atomic E-state index is -3.59. The Kier molecular flexibility index (Phi) is 3.56. The van der Waals surface area contributed by atoms with Gasteiger partial charge in [0.25, 0.3) is 0 Å². The molecule has 0 N–H and O–H groups in total. The van der Waals surface area contributed by atoms with Gasteiger partial charge in [0.1, 0.15) is 11.5 Å².